The van der Waals surface area contributed by atoms with Gasteiger partial charge in [0.15, 0.2) is 5.82 Å². The Hall–Kier alpha value is -3.49. The average Bonchev–Trinajstić information content (AvgIpc) is 3.46. The number of hydrogen-bond acceptors (Lipinski definition) is 4. The first-order chi connectivity index (χ1) is 16.5. The minimum absolute atomic E-state index is 0.272. The van der Waals surface area contributed by atoms with Crippen molar-refractivity contribution in [2.75, 3.05) is 5.32 Å². The lowest BCUT2D eigenvalue weighted by molar-refractivity contribution is 0.102. The molecular formula is C25H20BrClN6O. The number of aryl methyl sites for hydroxylation is 1. The summed E-state index contributed by atoms with van der Waals surface area (Å²) in [5.41, 5.74) is 3.73. The molecule has 5 rings (SSSR count). The smallest absolute Gasteiger partial charge is 0.257 e. The fourth-order valence-electron chi connectivity index (χ4n) is 3.72. The highest BCUT2D eigenvalue weighted by molar-refractivity contribution is 9.10. The number of nitrogens with one attached hydrogen (secondary N) is 1. The second kappa shape index (κ2) is 9.40. The van der Waals surface area contributed by atoms with Crippen LogP contribution in [0.1, 0.15) is 22.8 Å². The number of para-hydroxylation sites is 1. The molecule has 0 bridgehead atoms. The van der Waals surface area contributed by atoms with E-state index in [1.165, 1.54) is 0 Å². The van der Waals surface area contributed by atoms with Crippen molar-refractivity contribution in [2.24, 2.45) is 0 Å². The summed E-state index contributed by atoms with van der Waals surface area (Å²) in [6.07, 6.45) is 5.50. The van der Waals surface area contributed by atoms with Gasteiger partial charge in [0.05, 0.1) is 34.0 Å². The van der Waals surface area contributed by atoms with Crippen LogP contribution in [0.25, 0.3) is 22.2 Å². The predicted molar refractivity (Wildman–Crippen MR) is 137 cm³/mol. The Morgan fingerprint density at radius 2 is 1.88 bits per heavy atom. The van der Waals surface area contributed by atoms with Crippen molar-refractivity contribution in [3.63, 3.8) is 0 Å². The summed E-state index contributed by atoms with van der Waals surface area (Å²) >= 11 is 9.79. The Labute approximate surface area is 209 Å². The van der Waals surface area contributed by atoms with E-state index in [1.807, 2.05) is 72.5 Å². The zero-order chi connectivity index (χ0) is 23.7. The molecular weight excluding hydrogens is 516 g/mol. The van der Waals surface area contributed by atoms with Crippen LogP contribution in [-0.4, -0.2) is 30.5 Å². The van der Waals surface area contributed by atoms with E-state index in [4.69, 9.17) is 16.6 Å². The molecule has 0 atom stereocenters. The zero-order valence-corrected chi connectivity index (χ0v) is 20.6. The normalized spacial score (nSPS) is 11.1. The van der Waals surface area contributed by atoms with Gasteiger partial charge in [-0.25, -0.2) is 4.98 Å². The van der Waals surface area contributed by atoms with Gasteiger partial charge < -0.3 is 5.32 Å². The lowest BCUT2D eigenvalue weighted by atomic mass is 10.0. The molecule has 2 aromatic carbocycles. The van der Waals surface area contributed by atoms with Crippen LogP contribution in [0, 0.1) is 0 Å². The summed E-state index contributed by atoms with van der Waals surface area (Å²) in [5, 5.41) is 13.2. The van der Waals surface area contributed by atoms with Crippen LogP contribution in [0.4, 0.5) is 5.82 Å². The number of benzene rings is 2. The van der Waals surface area contributed by atoms with Gasteiger partial charge in [0.1, 0.15) is 0 Å². The number of amides is 1. The third-order valence-electron chi connectivity index (χ3n) is 5.45. The Bertz CT molecular complexity index is 1510. The van der Waals surface area contributed by atoms with Gasteiger partial charge in [-0.2, -0.15) is 10.2 Å². The molecule has 0 unspecified atom stereocenters. The number of rotatable bonds is 6. The van der Waals surface area contributed by atoms with Crippen molar-refractivity contribution in [1.29, 1.82) is 0 Å². The van der Waals surface area contributed by atoms with Gasteiger partial charge in [0, 0.05) is 34.9 Å². The molecule has 9 heteroatoms. The monoisotopic (exact) mass is 534 g/mol. The molecule has 1 N–H and O–H groups in total. The highest BCUT2D eigenvalue weighted by Crippen LogP contribution is 2.27. The molecule has 7 nitrogen and oxygen atoms in total. The minimum atomic E-state index is -0.272. The van der Waals surface area contributed by atoms with Crippen molar-refractivity contribution >= 4 is 50.2 Å². The zero-order valence-electron chi connectivity index (χ0n) is 18.2. The number of anilines is 1. The van der Waals surface area contributed by atoms with Gasteiger partial charge in [-0.15, -0.1) is 0 Å². The molecule has 0 saturated heterocycles. The van der Waals surface area contributed by atoms with Crippen LogP contribution < -0.4 is 5.32 Å². The Balaban J connectivity index is 1.47. The van der Waals surface area contributed by atoms with Gasteiger partial charge in [-0.3, -0.25) is 14.2 Å². The quantitative estimate of drug-likeness (QED) is 0.288. The fraction of sp³-hybridized carbons (Fsp3) is 0.120. The molecule has 0 spiro atoms. The maximum absolute atomic E-state index is 13.4. The van der Waals surface area contributed by atoms with Crippen LogP contribution in [-0.2, 0) is 13.1 Å². The van der Waals surface area contributed by atoms with Crippen molar-refractivity contribution in [2.45, 2.75) is 20.0 Å². The maximum Gasteiger partial charge on any atom is 0.257 e. The molecule has 5 aromatic rings. The Morgan fingerprint density at radius 1 is 1.09 bits per heavy atom. The summed E-state index contributed by atoms with van der Waals surface area (Å²) in [5.74, 6) is 0.157. The van der Waals surface area contributed by atoms with Crippen molar-refractivity contribution < 1.29 is 4.79 Å². The van der Waals surface area contributed by atoms with E-state index in [-0.39, 0.29) is 5.91 Å². The van der Waals surface area contributed by atoms with Crippen molar-refractivity contribution in [3.05, 3.63) is 93.8 Å². The molecule has 3 aromatic heterocycles. The predicted octanol–water partition coefficient (Wildman–Crippen LogP) is 6.03. The van der Waals surface area contributed by atoms with E-state index in [9.17, 15) is 4.79 Å². The van der Waals surface area contributed by atoms with E-state index in [1.54, 1.807) is 16.9 Å². The molecule has 0 radical (unpaired) electrons. The van der Waals surface area contributed by atoms with Gasteiger partial charge >= 0.3 is 0 Å². The number of carbonyl (C=O) groups is 1. The summed E-state index contributed by atoms with van der Waals surface area (Å²) in [4.78, 5) is 18.1. The lowest BCUT2D eigenvalue weighted by Crippen LogP contribution is -2.14. The second-order valence-corrected chi connectivity index (χ2v) is 8.99. The van der Waals surface area contributed by atoms with Crippen LogP contribution >= 0.6 is 27.5 Å². The Kier molecular flexibility index (Phi) is 6.17. The molecule has 1 amide bonds. The third kappa shape index (κ3) is 4.47. The molecule has 3 heterocycles. The maximum atomic E-state index is 13.4. The summed E-state index contributed by atoms with van der Waals surface area (Å²) in [6, 6.07) is 17.0. The molecule has 0 saturated carbocycles. The first-order valence-corrected chi connectivity index (χ1v) is 11.9. The van der Waals surface area contributed by atoms with Gasteiger partial charge in [0.25, 0.3) is 5.91 Å². The minimum Gasteiger partial charge on any atom is -0.304 e. The average molecular weight is 536 g/mol. The number of aromatic nitrogens is 5. The highest BCUT2D eigenvalue weighted by Gasteiger charge is 2.18. The number of hydrogen-bond donors (Lipinski definition) is 1. The summed E-state index contributed by atoms with van der Waals surface area (Å²) in [7, 11) is 0. The largest absolute Gasteiger partial charge is 0.304 e. The van der Waals surface area contributed by atoms with Gasteiger partial charge in [-0.1, -0.05) is 48.0 Å². The molecule has 170 valence electrons. The van der Waals surface area contributed by atoms with E-state index < -0.39 is 0 Å². The number of halogens is 2. The number of pyridine rings is 1. The molecule has 0 aliphatic carbocycles. The standard InChI is InChI=1S/C25H20BrClN6O/c1-2-32-14-17(12-28-32)23-11-19(18-8-4-6-10-22(18)29-23)25(34)30-24-20(26)15-33(31-24)13-16-7-3-5-9-21(16)27/h3-12,14-15H,2,13H2,1H3,(H,30,31,34). The topological polar surface area (TPSA) is 77.6 Å². The van der Waals surface area contributed by atoms with Gasteiger partial charge in [0.2, 0.25) is 0 Å². The SMILES string of the molecule is CCn1cc(-c2cc(C(=O)Nc3nn(Cc4ccccc4Cl)cc3Br)c3ccccc3n2)cn1. The number of fused-ring (bicyclic) bond motifs is 1. The Morgan fingerprint density at radius 3 is 2.68 bits per heavy atom. The van der Waals surface area contributed by atoms with Crippen LogP contribution in [0.2, 0.25) is 5.02 Å². The molecule has 34 heavy (non-hydrogen) atoms. The summed E-state index contributed by atoms with van der Waals surface area (Å²) < 4.78 is 4.24. The van der Waals surface area contributed by atoms with E-state index in [0.29, 0.717) is 33.1 Å². The highest BCUT2D eigenvalue weighted by atomic mass is 79.9. The van der Waals surface area contributed by atoms with E-state index >= 15 is 0 Å². The fourth-order valence-corrected chi connectivity index (χ4v) is 4.33. The first kappa shape index (κ1) is 22.3. The van der Waals surface area contributed by atoms with Crippen molar-refractivity contribution in [3.8, 4) is 11.3 Å². The van der Waals surface area contributed by atoms with Crippen LogP contribution in [0.5, 0.6) is 0 Å². The van der Waals surface area contributed by atoms with Gasteiger partial charge in [-0.05, 0) is 46.6 Å². The van der Waals surface area contributed by atoms with E-state index in [0.717, 1.165) is 28.6 Å². The molecule has 0 aliphatic heterocycles. The number of nitrogens with zero attached hydrogens (tertiary/aromatic N) is 5. The van der Waals surface area contributed by atoms with Crippen LogP contribution in [0.15, 0.2) is 77.7 Å². The third-order valence-corrected chi connectivity index (χ3v) is 6.40. The lowest BCUT2D eigenvalue weighted by Gasteiger charge is -2.09. The summed E-state index contributed by atoms with van der Waals surface area (Å²) in [6.45, 7) is 3.26. The van der Waals surface area contributed by atoms with Crippen molar-refractivity contribution in [1.82, 2.24) is 24.5 Å². The van der Waals surface area contributed by atoms with E-state index in [2.05, 4.69) is 31.4 Å². The first-order valence-electron chi connectivity index (χ1n) is 10.7. The second-order valence-electron chi connectivity index (χ2n) is 7.73. The molecule has 0 aliphatic rings. The number of carbonyl (C=O) groups excluding carboxylic acids is 1. The molecule has 0 fully saturated rings. The van der Waals surface area contributed by atoms with Crippen LogP contribution in [0.3, 0.4) is 0 Å².